The highest BCUT2D eigenvalue weighted by Crippen LogP contribution is 2.70. The highest BCUT2D eigenvalue weighted by molar-refractivity contribution is 5.93. The summed E-state index contributed by atoms with van der Waals surface area (Å²) in [5.41, 5.74) is 0.356. The van der Waals surface area contributed by atoms with Gasteiger partial charge in [0.15, 0.2) is 5.78 Å². The summed E-state index contributed by atoms with van der Waals surface area (Å²) in [5, 5.41) is 14.7. The summed E-state index contributed by atoms with van der Waals surface area (Å²) in [6.45, 7) is 6.01. The Balaban J connectivity index is 1.42. The van der Waals surface area contributed by atoms with Gasteiger partial charge >= 0.3 is 12.1 Å². The van der Waals surface area contributed by atoms with Crippen molar-refractivity contribution < 1.29 is 31.9 Å². The number of fused-ring (bicyclic) bond motifs is 4. The van der Waals surface area contributed by atoms with Crippen molar-refractivity contribution in [3.8, 4) is 0 Å². The molecule has 1 aliphatic heterocycles. The third-order valence-corrected chi connectivity index (χ3v) is 10.8. The van der Waals surface area contributed by atoms with E-state index in [4.69, 9.17) is 0 Å². The predicted molar refractivity (Wildman–Crippen MR) is 141 cm³/mol. The zero-order chi connectivity index (χ0) is 28.5. The van der Waals surface area contributed by atoms with Gasteiger partial charge in [-0.15, -0.1) is 0 Å². The molecule has 40 heavy (non-hydrogen) atoms. The van der Waals surface area contributed by atoms with Crippen LogP contribution in [0.15, 0.2) is 47.1 Å². The van der Waals surface area contributed by atoms with Gasteiger partial charge < -0.3 is 10.4 Å². The number of nitrogens with one attached hydrogen (secondary N) is 1. The van der Waals surface area contributed by atoms with Crippen molar-refractivity contribution in [1.29, 1.82) is 0 Å². The summed E-state index contributed by atoms with van der Waals surface area (Å²) in [7, 11) is 0. The van der Waals surface area contributed by atoms with E-state index in [-0.39, 0.29) is 24.5 Å². The Morgan fingerprint density at radius 1 is 1.02 bits per heavy atom. The van der Waals surface area contributed by atoms with E-state index < -0.39 is 41.4 Å². The largest absolute Gasteiger partial charge is 0.456 e. The van der Waals surface area contributed by atoms with E-state index in [1.165, 1.54) is 6.92 Å². The normalized spacial score (nSPS) is 35.2. The molecule has 6 rings (SSSR count). The SMILES string of the molecule is CC12CC(c3ccc(CN4CCNCC4)cc3)C3=C4CCC(=O)C=C4CCC3C1CC[C@@]2(O)C(F)(F)C(F)(F)F. The molecule has 1 heterocycles. The fourth-order valence-electron chi connectivity index (χ4n) is 8.70. The highest BCUT2D eigenvalue weighted by atomic mass is 19.4. The van der Waals surface area contributed by atoms with Crippen LogP contribution in [0.2, 0.25) is 0 Å². The molecule has 0 spiro atoms. The highest BCUT2D eigenvalue weighted by Gasteiger charge is 2.79. The third-order valence-electron chi connectivity index (χ3n) is 10.8. The summed E-state index contributed by atoms with van der Waals surface area (Å²) in [4.78, 5) is 14.6. The molecule has 218 valence electrons. The molecule has 0 aromatic heterocycles. The lowest BCUT2D eigenvalue weighted by Crippen LogP contribution is -2.65. The van der Waals surface area contributed by atoms with Crippen molar-refractivity contribution in [2.75, 3.05) is 26.2 Å². The van der Waals surface area contributed by atoms with Crippen molar-refractivity contribution in [1.82, 2.24) is 10.2 Å². The van der Waals surface area contributed by atoms with Crippen LogP contribution in [0.4, 0.5) is 22.0 Å². The van der Waals surface area contributed by atoms with Crippen LogP contribution < -0.4 is 5.32 Å². The van der Waals surface area contributed by atoms with Crippen molar-refractivity contribution >= 4 is 5.78 Å². The van der Waals surface area contributed by atoms with Gasteiger partial charge in [0.1, 0.15) is 5.60 Å². The number of carbonyl (C=O) groups is 1. The molecule has 1 aromatic carbocycles. The maximum Gasteiger partial charge on any atom is 0.456 e. The number of carbonyl (C=O) groups excluding carboxylic acids is 1. The zero-order valence-corrected chi connectivity index (χ0v) is 22.8. The average molecular weight is 565 g/mol. The number of nitrogens with zero attached hydrogens (tertiary/aromatic N) is 1. The van der Waals surface area contributed by atoms with E-state index in [0.29, 0.717) is 25.7 Å². The number of benzene rings is 1. The van der Waals surface area contributed by atoms with Gasteiger partial charge in [-0.05, 0) is 78.7 Å². The Morgan fingerprint density at radius 3 is 2.40 bits per heavy atom. The van der Waals surface area contributed by atoms with E-state index in [2.05, 4.69) is 10.2 Å². The van der Waals surface area contributed by atoms with Gasteiger partial charge in [0, 0.05) is 50.5 Å². The molecule has 0 radical (unpaired) electrons. The molecule has 4 unspecified atom stereocenters. The van der Waals surface area contributed by atoms with Crippen molar-refractivity contribution in [3.63, 3.8) is 0 Å². The minimum absolute atomic E-state index is 0.00748. The molecule has 3 fully saturated rings. The summed E-state index contributed by atoms with van der Waals surface area (Å²) in [5.74, 6) is -6.24. The predicted octanol–water partition coefficient (Wildman–Crippen LogP) is 5.92. The van der Waals surface area contributed by atoms with Crippen LogP contribution in [-0.4, -0.2) is 59.7 Å². The third kappa shape index (κ3) is 4.21. The molecule has 1 saturated heterocycles. The molecule has 9 heteroatoms. The number of alkyl halides is 5. The molecule has 2 saturated carbocycles. The molecule has 5 aliphatic rings. The number of hydrogen-bond donors (Lipinski definition) is 2. The number of hydrogen-bond acceptors (Lipinski definition) is 4. The first-order valence-electron chi connectivity index (χ1n) is 14.5. The van der Waals surface area contributed by atoms with Crippen LogP contribution in [0.3, 0.4) is 0 Å². The Hall–Kier alpha value is -2.10. The van der Waals surface area contributed by atoms with Gasteiger partial charge in [0.05, 0.1) is 0 Å². The van der Waals surface area contributed by atoms with E-state index in [1.54, 1.807) is 6.08 Å². The monoisotopic (exact) mass is 564 g/mol. The number of allylic oxidation sites excluding steroid dienone is 4. The zero-order valence-electron chi connectivity index (χ0n) is 22.8. The maximum absolute atomic E-state index is 15.1. The first-order valence-corrected chi connectivity index (χ1v) is 14.5. The van der Waals surface area contributed by atoms with Crippen LogP contribution in [0, 0.1) is 17.3 Å². The molecule has 4 nitrogen and oxygen atoms in total. The molecular formula is C31H37F5N2O2. The minimum Gasteiger partial charge on any atom is -0.383 e. The lowest BCUT2D eigenvalue weighted by Gasteiger charge is -2.56. The lowest BCUT2D eigenvalue weighted by atomic mass is 9.50. The smallest absolute Gasteiger partial charge is 0.383 e. The summed E-state index contributed by atoms with van der Waals surface area (Å²) >= 11 is 0. The van der Waals surface area contributed by atoms with E-state index in [9.17, 15) is 23.1 Å². The van der Waals surface area contributed by atoms with E-state index in [1.807, 2.05) is 24.3 Å². The van der Waals surface area contributed by atoms with Crippen molar-refractivity contribution in [2.24, 2.45) is 17.3 Å². The van der Waals surface area contributed by atoms with Gasteiger partial charge in [0.2, 0.25) is 0 Å². The summed E-state index contributed by atoms with van der Waals surface area (Å²) in [6.07, 6.45) is -2.46. The van der Waals surface area contributed by atoms with Crippen LogP contribution in [-0.2, 0) is 11.3 Å². The van der Waals surface area contributed by atoms with Gasteiger partial charge in [0.25, 0.3) is 0 Å². The number of ketones is 1. The first kappa shape index (κ1) is 28.0. The molecule has 0 bridgehead atoms. The maximum atomic E-state index is 15.1. The number of piperazine rings is 1. The van der Waals surface area contributed by atoms with Crippen molar-refractivity contribution in [3.05, 3.63) is 58.2 Å². The first-order chi connectivity index (χ1) is 18.9. The second-order valence-electron chi connectivity index (χ2n) is 12.7. The van der Waals surface area contributed by atoms with Gasteiger partial charge in [-0.2, -0.15) is 22.0 Å². The van der Waals surface area contributed by atoms with Gasteiger partial charge in [-0.25, -0.2) is 0 Å². The van der Waals surface area contributed by atoms with E-state index >= 15 is 8.78 Å². The Kier molecular flexibility index (Phi) is 6.82. The fourth-order valence-corrected chi connectivity index (χ4v) is 8.70. The standard InChI is InChI=1S/C31H37F5N2O2/c1-28-17-25(20-4-2-19(3-5-20)18-38-14-12-37-13-15-38)27-23-9-7-22(39)16-21(23)6-8-24(27)26(28)10-11-29(28,40)30(32,33)31(34,35)36/h2-5,16,24-26,37,40H,6-15,17-18H2,1H3/t24?,25?,26?,28?,29-/m0/s1. The molecular weight excluding hydrogens is 527 g/mol. The Labute approximate surface area is 231 Å². The Bertz CT molecular complexity index is 1230. The van der Waals surface area contributed by atoms with Gasteiger partial charge in [-0.1, -0.05) is 36.8 Å². The van der Waals surface area contributed by atoms with Crippen molar-refractivity contribution in [2.45, 2.75) is 82.0 Å². The number of aliphatic hydroxyl groups is 1. The Morgan fingerprint density at radius 2 is 1.73 bits per heavy atom. The minimum atomic E-state index is -5.84. The van der Waals surface area contributed by atoms with Gasteiger partial charge in [-0.3, -0.25) is 9.69 Å². The summed E-state index contributed by atoms with van der Waals surface area (Å²) < 4.78 is 71.5. The average Bonchev–Trinajstić information content (AvgIpc) is 3.20. The second kappa shape index (κ2) is 9.73. The summed E-state index contributed by atoms with van der Waals surface area (Å²) in [6, 6.07) is 8.03. The number of halogens is 5. The van der Waals surface area contributed by atoms with Crippen LogP contribution in [0.5, 0.6) is 0 Å². The molecule has 4 aliphatic carbocycles. The molecule has 2 N–H and O–H groups in total. The van der Waals surface area contributed by atoms with Crippen LogP contribution >= 0.6 is 0 Å². The van der Waals surface area contributed by atoms with E-state index in [0.717, 1.165) is 60.6 Å². The van der Waals surface area contributed by atoms with Crippen LogP contribution in [0.1, 0.15) is 68.9 Å². The number of rotatable bonds is 4. The quantitative estimate of drug-likeness (QED) is 0.446. The topological polar surface area (TPSA) is 52.6 Å². The fraction of sp³-hybridized carbons (Fsp3) is 0.645. The molecule has 0 amide bonds. The lowest BCUT2D eigenvalue weighted by molar-refractivity contribution is -0.362. The van der Waals surface area contributed by atoms with Crippen LogP contribution in [0.25, 0.3) is 0 Å². The molecule has 5 atom stereocenters. The molecule has 1 aromatic rings. The second-order valence-corrected chi connectivity index (χ2v) is 12.7.